The fourth-order valence-corrected chi connectivity index (χ4v) is 1.90. The molecule has 0 saturated heterocycles. The normalized spacial score (nSPS) is 12.8. The lowest BCUT2D eigenvalue weighted by molar-refractivity contribution is 0.385. The molecule has 0 aliphatic heterocycles. The van der Waals surface area contributed by atoms with Crippen molar-refractivity contribution in [3.63, 3.8) is 0 Å². The lowest BCUT2D eigenvalue weighted by Gasteiger charge is -2.15. The van der Waals surface area contributed by atoms with Gasteiger partial charge in [-0.05, 0) is 49.9 Å². The lowest BCUT2D eigenvalue weighted by Crippen LogP contribution is -2.20. The van der Waals surface area contributed by atoms with Crippen molar-refractivity contribution in [1.29, 1.82) is 0 Å². The predicted molar refractivity (Wildman–Crippen MR) is 73.4 cm³/mol. The summed E-state index contributed by atoms with van der Waals surface area (Å²) in [6.45, 7) is 7.47. The summed E-state index contributed by atoms with van der Waals surface area (Å²) in [7, 11) is 1.48. The molecule has 18 heavy (non-hydrogen) atoms. The molecule has 0 aliphatic rings. The van der Waals surface area contributed by atoms with E-state index in [2.05, 4.69) is 26.1 Å². The molecule has 0 heterocycles. The van der Waals surface area contributed by atoms with Crippen molar-refractivity contribution in [3.05, 3.63) is 29.6 Å². The summed E-state index contributed by atoms with van der Waals surface area (Å²) in [6.07, 6.45) is 2.37. The van der Waals surface area contributed by atoms with Gasteiger partial charge >= 0.3 is 0 Å². The molecule has 1 aromatic carbocycles. The highest BCUT2D eigenvalue weighted by molar-refractivity contribution is 5.30. The zero-order chi connectivity index (χ0) is 13.5. The Hall–Kier alpha value is -1.09. The van der Waals surface area contributed by atoms with Gasteiger partial charge < -0.3 is 10.1 Å². The molecule has 0 fully saturated rings. The number of halogens is 1. The van der Waals surface area contributed by atoms with Gasteiger partial charge in [-0.15, -0.1) is 0 Å². The standard InChI is InChI=1S/C15H24FNO/c1-11(2)6-5-9-17-12(3)13-7-8-15(18-4)14(16)10-13/h7-8,10-12,17H,5-6,9H2,1-4H3. The molecular weight excluding hydrogens is 229 g/mol. The molecule has 0 amide bonds. The molecule has 0 aromatic heterocycles. The number of rotatable bonds is 7. The minimum atomic E-state index is -0.300. The van der Waals surface area contributed by atoms with Crippen LogP contribution in [0.2, 0.25) is 0 Å². The van der Waals surface area contributed by atoms with Gasteiger partial charge in [0, 0.05) is 6.04 Å². The molecule has 1 aromatic rings. The topological polar surface area (TPSA) is 21.3 Å². The first-order valence-corrected chi connectivity index (χ1v) is 6.61. The molecule has 3 heteroatoms. The van der Waals surface area contributed by atoms with Crippen LogP contribution in [-0.4, -0.2) is 13.7 Å². The SMILES string of the molecule is COc1ccc(C(C)NCCCC(C)C)cc1F. The van der Waals surface area contributed by atoms with Crippen LogP contribution in [0.3, 0.4) is 0 Å². The van der Waals surface area contributed by atoms with Crippen molar-refractivity contribution in [3.8, 4) is 5.75 Å². The van der Waals surface area contributed by atoms with Crippen LogP contribution in [0.15, 0.2) is 18.2 Å². The molecule has 0 radical (unpaired) electrons. The van der Waals surface area contributed by atoms with Gasteiger partial charge in [0.2, 0.25) is 0 Å². The minimum Gasteiger partial charge on any atom is -0.494 e. The van der Waals surface area contributed by atoms with E-state index in [1.807, 2.05) is 6.07 Å². The van der Waals surface area contributed by atoms with E-state index in [1.165, 1.54) is 13.5 Å². The third kappa shape index (κ3) is 4.65. The van der Waals surface area contributed by atoms with Crippen molar-refractivity contribution in [2.24, 2.45) is 5.92 Å². The van der Waals surface area contributed by atoms with E-state index in [0.717, 1.165) is 24.4 Å². The van der Waals surface area contributed by atoms with Crippen LogP contribution in [0.4, 0.5) is 4.39 Å². The van der Waals surface area contributed by atoms with Crippen molar-refractivity contribution < 1.29 is 9.13 Å². The Labute approximate surface area is 110 Å². The molecule has 1 N–H and O–H groups in total. The molecule has 0 saturated carbocycles. The van der Waals surface area contributed by atoms with Gasteiger partial charge in [-0.25, -0.2) is 4.39 Å². The van der Waals surface area contributed by atoms with E-state index < -0.39 is 0 Å². The van der Waals surface area contributed by atoms with Gasteiger partial charge in [0.05, 0.1) is 7.11 Å². The third-order valence-corrected chi connectivity index (χ3v) is 3.08. The van der Waals surface area contributed by atoms with Gasteiger partial charge in [0.25, 0.3) is 0 Å². The summed E-state index contributed by atoms with van der Waals surface area (Å²) >= 11 is 0. The summed E-state index contributed by atoms with van der Waals surface area (Å²) in [5.41, 5.74) is 0.956. The fourth-order valence-electron chi connectivity index (χ4n) is 1.90. The maximum Gasteiger partial charge on any atom is 0.165 e. The maximum absolute atomic E-state index is 13.6. The predicted octanol–water partition coefficient (Wildman–Crippen LogP) is 3.92. The average molecular weight is 253 g/mol. The highest BCUT2D eigenvalue weighted by atomic mass is 19.1. The highest BCUT2D eigenvalue weighted by Gasteiger charge is 2.08. The number of hydrogen-bond acceptors (Lipinski definition) is 2. The first kappa shape index (κ1) is 15.0. The van der Waals surface area contributed by atoms with Crippen molar-refractivity contribution >= 4 is 0 Å². The lowest BCUT2D eigenvalue weighted by atomic mass is 10.1. The summed E-state index contributed by atoms with van der Waals surface area (Å²) in [5, 5.41) is 3.41. The Morgan fingerprint density at radius 2 is 2.00 bits per heavy atom. The number of nitrogens with one attached hydrogen (secondary N) is 1. The Balaban J connectivity index is 2.46. The summed E-state index contributed by atoms with van der Waals surface area (Å²) in [5.74, 6) is 0.733. The highest BCUT2D eigenvalue weighted by Crippen LogP contribution is 2.21. The zero-order valence-electron chi connectivity index (χ0n) is 11.8. The molecule has 0 spiro atoms. The second-order valence-corrected chi connectivity index (χ2v) is 5.11. The monoisotopic (exact) mass is 253 g/mol. The van der Waals surface area contributed by atoms with Gasteiger partial charge in [-0.2, -0.15) is 0 Å². The fraction of sp³-hybridized carbons (Fsp3) is 0.600. The number of methoxy groups -OCH3 is 1. The van der Waals surface area contributed by atoms with Crippen molar-refractivity contribution in [2.75, 3.05) is 13.7 Å². The van der Waals surface area contributed by atoms with E-state index in [4.69, 9.17) is 4.74 Å². The number of benzene rings is 1. The van der Waals surface area contributed by atoms with Crippen LogP contribution in [0.1, 0.15) is 45.2 Å². The van der Waals surface area contributed by atoms with E-state index in [1.54, 1.807) is 12.1 Å². The molecule has 1 rings (SSSR count). The van der Waals surface area contributed by atoms with E-state index in [0.29, 0.717) is 5.75 Å². The Morgan fingerprint density at radius 3 is 2.56 bits per heavy atom. The molecule has 1 atom stereocenters. The smallest absolute Gasteiger partial charge is 0.165 e. The largest absolute Gasteiger partial charge is 0.494 e. The van der Waals surface area contributed by atoms with Crippen LogP contribution in [0.25, 0.3) is 0 Å². The van der Waals surface area contributed by atoms with Crippen LogP contribution in [-0.2, 0) is 0 Å². The van der Waals surface area contributed by atoms with Gasteiger partial charge in [-0.3, -0.25) is 0 Å². The van der Waals surface area contributed by atoms with Crippen LogP contribution in [0.5, 0.6) is 5.75 Å². The maximum atomic E-state index is 13.6. The Kier molecular flexibility index (Phi) is 6.13. The van der Waals surface area contributed by atoms with Crippen LogP contribution in [0, 0.1) is 11.7 Å². The van der Waals surface area contributed by atoms with E-state index in [-0.39, 0.29) is 11.9 Å². The Morgan fingerprint density at radius 1 is 1.28 bits per heavy atom. The first-order chi connectivity index (χ1) is 8.54. The van der Waals surface area contributed by atoms with Gasteiger partial charge in [0.15, 0.2) is 11.6 Å². The van der Waals surface area contributed by atoms with Crippen LogP contribution >= 0.6 is 0 Å². The summed E-state index contributed by atoms with van der Waals surface area (Å²) in [4.78, 5) is 0. The first-order valence-electron chi connectivity index (χ1n) is 6.61. The van der Waals surface area contributed by atoms with Crippen molar-refractivity contribution in [1.82, 2.24) is 5.32 Å². The molecular formula is C15H24FNO. The van der Waals surface area contributed by atoms with E-state index >= 15 is 0 Å². The second-order valence-electron chi connectivity index (χ2n) is 5.11. The minimum absolute atomic E-state index is 0.164. The van der Waals surface area contributed by atoms with E-state index in [9.17, 15) is 4.39 Å². The quantitative estimate of drug-likeness (QED) is 0.744. The van der Waals surface area contributed by atoms with Crippen LogP contribution < -0.4 is 10.1 Å². The second kappa shape index (κ2) is 7.37. The number of hydrogen-bond donors (Lipinski definition) is 1. The molecule has 102 valence electrons. The molecule has 1 unspecified atom stereocenters. The molecule has 0 bridgehead atoms. The third-order valence-electron chi connectivity index (χ3n) is 3.08. The average Bonchev–Trinajstić information content (AvgIpc) is 2.34. The molecule has 2 nitrogen and oxygen atoms in total. The summed E-state index contributed by atoms with van der Waals surface area (Å²) < 4.78 is 18.5. The van der Waals surface area contributed by atoms with Crippen molar-refractivity contribution in [2.45, 2.75) is 39.7 Å². The summed E-state index contributed by atoms with van der Waals surface area (Å²) in [6, 6.07) is 5.29. The zero-order valence-corrected chi connectivity index (χ0v) is 11.8. The van der Waals surface area contributed by atoms with Gasteiger partial charge in [0.1, 0.15) is 0 Å². The number of ether oxygens (including phenoxy) is 1. The van der Waals surface area contributed by atoms with Gasteiger partial charge in [-0.1, -0.05) is 19.9 Å². The molecule has 0 aliphatic carbocycles. The Bertz CT molecular complexity index is 366.